The number of sulfonamides is 1. The summed E-state index contributed by atoms with van der Waals surface area (Å²) in [5.41, 5.74) is 0.893. The smallest absolute Gasteiger partial charge is 0.244 e. The number of carbonyl (C=O) groups excluding carboxylic acids is 1. The molecule has 2 aromatic heterocycles. The molecule has 1 amide bonds. The fraction of sp³-hybridized carbons (Fsp3) is 0.350. The standard InChI is InChI=1S/C20H23N7O3S/c28-19(9-5-11-27-23-20(22-24-27)17-6-2-1-3-7-17)25-12-14-26(15-13-25)31(29,30)18-8-4-10-21-16-18/h1-4,6-8,10,16H,5,9,11-15H2. The number of nitrogens with zero attached hydrogens (tertiary/aromatic N) is 7. The van der Waals surface area contributed by atoms with Crippen molar-refractivity contribution < 1.29 is 13.2 Å². The zero-order valence-corrected chi connectivity index (χ0v) is 17.7. The summed E-state index contributed by atoms with van der Waals surface area (Å²) in [7, 11) is -3.58. The monoisotopic (exact) mass is 441 g/mol. The van der Waals surface area contributed by atoms with E-state index in [0.717, 1.165) is 5.56 Å². The molecule has 0 radical (unpaired) electrons. The third kappa shape index (κ3) is 4.94. The van der Waals surface area contributed by atoms with Gasteiger partial charge in [0.1, 0.15) is 4.90 Å². The number of rotatable bonds is 7. The van der Waals surface area contributed by atoms with Gasteiger partial charge in [0.25, 0.3) is 0 Å². The van der Waals surface area contributed by atoms with Crippen LogP contribution in [0.4, 0.5) is 0 Å². The van der Waals surface area contributed by atoms with E-state index in [1.165, 1.54) is 27.6 Å². The highest BCUT2D eigenvalue weighted by molar-refractivity contribution is 7.89. The van der Waals surface area contributed by atoms with E-state index in [1.54, 1.807) is 11.0 Å². The molecule has 0 atom stereocenters. The molecule has 0 spiro atoms. The maximum absolute atomic E-state index is 12.7. The minimum Gasteiger partial charge on any atom is -0.340 e. The topological polar surface area (TPSA) is 114 Å². The van der Waals surface area contributed by atoms with E-state index in [2.05, 4.69) is 20.4 Å². The van der Waals surface area contributed by atoms with Crippen LogP contribution < -0.4 is 0 Å². The molecule has 3 heterocycles. The number of pyridine rings is 1. The van der Waals surface area contributed by atoms with Gasteiger partial charge in [-0.05, 0) is 23.8 Å². The fourth-order valence-electron chi connectivity index (χ4n) is 3.40. The van der Waals surface area contributed by atoms with Crippen LogP contribution in [0.5, 0.6) is 0 Å². The molecule has 0 unspecified atom stereocenters. The molecule has 0 aliphatic carbocycles. The summed E-state index contributed by atoms with van der Waals surface area (Å²) in [6, 6.07) is 12.7. The van der Waals surface area contributed by atoms with Crippen LogP contribution in [0.1, 0.15) is 12.8 Å². The van der Waals surface area contributed by atoms with Crippen molar-refractivity contribution >= 4 is 15.9 Å². The van der Waals surface area contributed by atoms with E-state index < -0.39 is 10.0 Å². The lowest BCUT2D eigenvalue weighted by Gasteiger charge is -2.34. The number of piperazine rings is 1. The molecule has 1 aliphatic rings. The second-order valence-electron chi connectivity index (χ2n) is 7.15. The summed E-state index contributed by atoms with van der Waals surface area (Å²) in [4.78, 5) is 19.8. The van der Waals surface area contributed by atoms with Crippen LogP contribution in [0.3, 0.4) is 0 Å². The number of hydrogen-bond acceptors (Lipinski definition) is 7. The van der Waals surface area contributed by atoms with E-state index in [9.17, 15) is 13.2 Å². The van der Waals surface area contributed by atoms with Gasteiger partial charge < -0.3 is 4.90 Å². The maximum Gasteiger partial charge on any atom is 0.244 e. The predicted molar refractivity (Wildman–Crippen MR) is 112 cm³/mol. The number of hydrogen-bond donors (Lipinski definition) is 0. The van der Waals surface area contributed by atoms with Crippen LogP contribution in [-0.2, 0) is 21.4 Å². The summed E-state index contributed by atoms with van der Waals surface area (Å²) in [5.74, 6) is 0.555. The number of aryl methyl sites for hydroxylation is 1. The van der Waals surface area contributed by atoms with Gasteiger partial charge in [0, 0.05) is 50.6 Å². The SMILES string of the molecule is O=C(CCCn1nnc(-c2ccccc2)n1)N1CCN(S(=O)(=O)c2cccnc2)CC1. The van der Waals surface area contributed by atoms with Crippen molar-refractivity contribution in [1.29, 1.82) is 0 Å². The highest BCUT2D eigenvalue weighted by atomic mass is 32.2. The van der Waals surface area contributed by atoms with Crippen LogP contribution in [0.2, 0.25) is 0 Å². The lowest BCUT2D eigenvalue weighted by atomic mass is 10.2. The first kappa shape index (κ1) is 21.1. The van der Waals surface area contributed by atoms with Gasteiger partial charge in [-0.25, -0.2) is 8.42 Å². The van der Waals surface area contributed by atoms with Gasteiger partial charge in [-0.15, -0.1) is 10.2 Å². The van der Waals surface area contributed by atoms with Crippen LogP contribution in [0.25, 0.3) is 11.4 Å². The van der Waals surface area contributed by atoms with Gasteiger partial charge in [0.05, 0.1) is 6.54 Å². The minimum absolute atomic E-state index is 0.00169. The van der Waals surface area contributed by atoms with Crippen molar-refractivity contribution in [2.75, 3.05) is 26.2 Å². The lowest BCUT2D eigenvalue weighted by Crippen LogP contribution is -2.50. The van der Waals surface area contributed by atoms with Gasteiger partial charge >= 0.3 is 0 Å². The molecule has 4 rings (SSSR count). The lowest BCUT2D eigenvalue weighted by molar-refractivity contribution is -0.132. The molecule has 1 saturated heterocycles. The number of carbonyl (C=O) groups is 1. The Balaban J connectivity index is 1.24. The van der Waals surface area contributed by atoms with Gasteiger partial charge in [-0.2, -0.15) is 9.10 Å². The molecular formula is C20H23N7O3S. The summed E-state index contributed by atoms with van der Waals surface area (Å²) in [5, 5.41) is 12.4. The average molecular weight is 442 g/mol. The Kier molecular flexibility index (Phi) is 6.33. The van der Waals surface area contributed by atoms with Crippen LogP contribution in [0, 0.1) is 0 Å². The van der Waals surface area contributed by atoms with Crippen LogP contribution in [0.15, 0.2) is 59.8 Å². The molecule has 31 heavy (non-hydrogen) atoms. The van der Waals surface area contributed by atoms with Gasteiger partial charge in [-0.1, -0.05) is 30.3 Å². The highest BCUT2D eigenvalue weighted by Crippen LogP contribution is 2.17. The third-order valence-electron chi connectivity index (χ3n) is 5.10. The van der Waals surface area contributed by atoms with E-state index in [0.29, 0.717) is 38.3 Å². The van der Waals surface area contributed by atoms with Crippen molar-refractivity contribution in [3.8, 4) is 11.4 Å². The second-order valence-corrected chi connectivity index (χ2v) is 9.09. The molecule has 0 saturated carbocycles. The molecule has 11 heteroatoms. The zero-order valence-electron chi connectivity index (χ0n) is 16.9. The Morgan fingerprint density at radius 1 is 1.00 bits per heavy atom. The van der Waals surface area contributed by atoms with Crippen molar-refractivity contribution in [3.05, 3.63) is 54.9 Å². The van der Waals surface area contributed by atoms with Crippen LogP contribution in [-0.4, -0.2) is 74.9 Å². The molecular weight excluding hydrogens is 418 g/mol. The fourth-order valence-corrected chi connectivity index (χ4v) is 4.78. The van der Waals surface area contributed by atoms with Crippen molar-refractivity contribution in [2.45, 2.75) is 24.3 Å². The van der Waals surface area contributed by atoms with Gasteiger partial charge in [-0.3, -0.25) is 9.78 Å². The Bertz CT molecular complexity index is 1110. The molecule has 10 nitrogen and oxygen atoms in total. The minimum atomic E-state index is -3.58. The first-order valence-corrected chi connectivity index (χ1v) is 11.5. The second kappa shape index (κ2) is 9.31. The molecule has 162 valence electrons. The first-order valence-electron chi connectivity index (χ1n) is 10.1. The Morgan fingerprint density at radius 3 is 2.48 bits per heavy atom. The normalized spacial score (nSPS) is 15.2. The third-order valence-corrected chi connectivity index (χ3v) is 6.98. The maximum atomic E-state index is 12.7. The summed E-state index contributed by atoms with van der Waals surface area (Å²) >= 11 is 0. The number of benzene rings is 1. The Labute approximate surface area is 180 Å². The quantitative estimate of drug-likeness (QED) is 0.538. The van der Waals surface area contributed by atoms with E-state index in [1.807, 2.05) is 30.3 Å². The molecule has 0 bridgehead atoms. The summed E-state index contributed by atoms with van der Waals surface area (Å²) in [6.07, 6.45) is 3.80. The van der Waals surface area contributed by atoms with Gasteiger partial charge in [0.2, 0.25) is 21.8 Å². The zero-order chi connectivity index (χ0) is 21.7. The number of amides is 1. The largest absolute Gasteiger partial charge is 0.340 e. The number of aromatic nitrogens is 5. The molecule has 3 aromatic rings. The van der Waals surface area contributed by atoms with Crippen molar-refractivity contribution in [1.82, 2.24) is 34.4 Å². The Hall–Kier alpha value is -3.18. The van der Waals surface area contributed by atoms with E-state index in [-0.39, 0.29) is 23.9 Å². The molecule has 1 aliphatic heterocycles. The summed E-state index contributed by atoms with van der Waals surface area (Å²) in [6.45, 7) is 1.78. The molecule has 1 fully saturated rings. The molecule has 1 aromatic carbocycles. The van der Waals surface area contributed by atoms with E-state index in [4.69, 9.17) is 0 Å². The van der Waals surface area contributed by atoms with E-state index >= 15 is 0 Å². The first-order chi connectivity index (χ1) is 15.0. The average Bonchev–Trinajstić information content (AvgIpc) is 3.29. The number of tetrazole rings is 1. The van der Waals surface area contributed by atoms with Crippen molar-refractivity contribution in [2.24, 2.45) is 0 Å². The predicted octanol–water partition coefficient (Wildman–Crippen LogP) is 1.05. The van der Waals surface area contributed by atoms with Gasteiger partial charge in [0.15, 0.2) is 0 Å². The van der Waals surface area contributed by atoms with Crippen LogP contribution >= 0.6 is 0 Å². The highest BCUT2D eigenvalue weighted by Gasteiger charge is 2.30. The van der Waals surface area contributed by atoms with Crippen molar-refractivity contribution in [3.63, 3.8) is 0 Å². The molecule has 0 N–H and O–H groups in total. The Morgan fingerprint density at radius 2 is 1.77 bits per heavy atom. The summed E-state index contributed by atoms with van der Waals surface area (Å²) < 4.78 is 26.7.